The van der Waals surface area contributed by atoms with Crippen LogP contribution in [0.4, 0.5) is 0 Å². The summed E-state index contributed by atoms with van der Waals surface area (Å²) in [5.74, 6) is 1.57. The van der Waals surface area contributed by atoms with Gasteiger partial charge in [0.1, 0.15) is 12.4 Å². The topological polar surface area (TPSA) is 50.9 Å². The Morgan fingerprint density at radius 3 is 2.60 bits per heavy atom. The van der Waals surface area contributed by atoms with Crippen molar-refractivity contribution in [2.75, 3.05) is 12.0 Å². The van der Waals surface area contributed by atoms with Gasteiger partial charge in [-0.3, -0.25) is 0 Å². The first kappa shape index (κ1) is 15.1. The van der Waals surface area contributed by atoms with E-state index in [1.165, 1.54) is 17.5 Å². The standard InChI is InChI=1S/C15H21N3OS/c1-3-12-4-6-13(7-5-12)10-18-15(16-11-17-18)14(19)8-9-20-2/h4-7,11,14,19H,3,8-10H2,1-2H3/t14-/m0/s1. The molecule has 1 N–H and O–H groups in total. The number of hydrogen-bond acceptors (Lipinski definition) is 4. The summed E-state index contributed by atoms with van der Waals surface area (Å²) in [6, 6.07) is 8.49. The van der Waals surface area contributed by atoms with Crippen molar-refractivity contribution in [2.45, 2.75) is 32.4 Å². The van der Waals surface area contributed by atoms with Gasteiger partial charge in [0.2, 0.25) is 0 Å². The van der Waals surface area contributed by atoms with Crippen molar-refractivity contribution < 1.29 is 5.11 Å². The number of aromatic nitrogens is 3. The molecule has 0 aliphatic carbocycles. The maximum absolute atomic E-state index is 10.1. The highest BCUT2D eigenvalue weighted by atomic mass is 32.2. The Labute approximate surface area is 124 Å². The molecule has 1 aromatic carbocycles. The zero-order valence-corrected chi connectivity index (χ0v) is 12.8. The van der Waals surface area contributed by atoms with Crippen LogP contribution in [0.2, 0.25) is 0 Å². The quantitative estimate of drug-likeness (QED) is 0.852. The Morgan fingerprint density at radius 2 is 1.95 bits per heavy atom. The predicted molar refractivity (Wildman–Crippen MR) is 82.9 cm³/mol. The van der Waals surface area contributed by atoms with Gasteiger partial charge in [-0.1, -0.05) is 31.2 Å². The lowest BCUT2D eigenvalue weighted by molar-refractivity contribution is 0.159. The third-order valence-electron chi connectivity index (χ3n) is 3.30. The summed E-state index contributed by atoms with van der Waals surface area (Å²) in [5, 5.41) is 14.4. The first-order valence-electron chi connectivity index (χ1n) is 6.87. The molecule has 1 aromatic heterocycles. The Balaban J connectivity index is 2.07. The van der Waals surface area contributed by atoms with Crippen LogP contribution in [0, 0.1) is 0 Å². The lowest BCUT2D eigenvalue weighted by atomic mass is 10.1. The number of hydrogen-bond donors (Lipinski definition) is 1. The van der Waals surface area contributed by atoms with E-state index < -0.39 is 6.10 Å². The van der Waals surface area contributed by atoms with Crippen LogP contribution < -0.4 is 0 Å². The molecule has 108 valence electrons. The molecule has 4 nitrogen and oxygen atoms in total. The van der Waals surface area contributed by atoms with Crippen molar-refractivity contribution in [3.8, 4) is 0 Å². The summed E-state index contributed by atoms with van der Waals surface area (Å²) in [5.41, 5.74) is 2.50. The van der Waals surface area contributed by atoms with Gasteiger partial charge in [-0.25, -0.2) is 9.67 Å². The number of aryl methyl sites for hydroxylation is 1. The molecule has 0 saturated heterocycles. The van der Waals surface area contributed by atoms with E-state index in [1.54, 1.807) is 16.4 Å². The Hall–Kier alpha value is -1.33. The minimum Gasteiger partial charge on any atom is -0.385 e. The predicted octanol–water partition coefficient (Wildman–Crippen LogP) is 2.68. The molecule has 0 amide bonds. The normalized spacial score (nSPS) is 12.6. The van der Waals surface area contributed by atoms with Crippen molar-refractivity contribution in [1.29, 1.82) is 0 Å². The van der Waals surface area contributed by atoms with Gasteiger partial charge in [0.05, 0.1) is 6.54 Å². The zero-order valence-electron chi connectivity index (χ0n) is 12.0. The number of nitrogens with zero attached hydrogens (tertiary/aromatic N) is 3. The van der Waals surface area contributed by atoms with Crippen molar-refractivity contribution in [1.82, 2.24) is 14.8 Å². The third-order valence-corrected chi connectivity index (χ3v) is 3.95. The second kappa shape index (κ2) is 7.45. The Morgan fingerprint density at radius 1 is 1.25 bits per heavy atom. The van der Waals surface area contributed by atoms with Crippen LogP contribution in [0.1, 0.15) is 36.4 Å². The lowest BCUT2D eigenvalue weighted by Gasteiger charge is -2.11. The highest BCUT2D eigenvalue weighted by Gasteiger charge is 2.14. The minimum absolute atomic E-state index is 0.542. The second-order valence-electron chi connectivity index (χ2n) is 4.74. The molecule has 0 saturated carbocycles. The van der Waals surface area contributed by atoms with Gasteiger partial charge in [0, 0.05) is 0 Å². The molecular weight excluding hydrogens is 270 g/mol. The van der Waals surface area contributed by atoms with E-state index in [1.807, 2.05) is 6.26 Å². The summed E-state index contributed by atoms with van der Waals surface area (Å²) >= 11 is 1.72. The van der Waals surface area contributed by atoms with Crippen LogP contribution in [0.3, 0.4) is 0 Å². The van der Waals surface area contributed by atoms with E-state index in [9.17, 15) is 5.11 Å². The number of rotatable bonds is 7. The van der Waals surface area contributed by atoms with Gasteiger partial charge in [0.25, 0.3) is 0 Å². The maximum atomic E-state index is 10.1. The highest BCUT2D eigenvalue weighted by molar-refractivity contribution is 7.98. The summed E-state index contributed by atoms with van der Waals surface area (Å²) in [6.07, 6.45) is 4.75. The molecule has 0 fully saturated rings. The molecule has 0 radical (unpaired) electrons. The van der Waals surface area contributed by atoms with Crippen LogP contribution in [0.25, 0.3) is 0 Å². The Bertz CT molecular complexity index is 524. The van der Waals surface area contributed by atoms with Crippen LogP contribution in [-0.4, -0.2) is 31.9 Å². The lowest BCUT2D eigenvalue weighted by Crippen LogP contribution is -2.12. The van der Waals surface area contributed by atoms with Crippen molar-refractivity contribution >= 4 is 11.8 Å². The van der Waals surface area contributed by atoms with Gasteiger partial charge in [0.15, 0.2) is 5.82 Å². The number of thioether (sulfide) groups is 1. The number of aliphatic hydroxyl groups excluding tert-OH is 1. The summed E-state index contributed by atoms with van der Waals surface area (Å²) in [6.45, 7) is 2.79. The smallest absolute Gasteiger partial charge is 0.156 e. The average molecular weight is 291 g/mol. The van der Waals surface area contributed by atoms with Gasteiger partial charge in [-0.2, -0.15) is 16.9 Å². The summed E-state index contributed by atoms with van der Waals surface area (Å²) in [7, 11) is 0. The van der Waals surface area contributed by atoms with Crippen molar-refractivity contribution in [2.24, 2.45) is 0 Å². The molecule has 20 heavy (non-hydrogen) atoms. The minimum atomic E-state index is -0.542. The first-order chi connectivity index (χ1) is 9.74. The van der Waals surface area contributed by atoms with Gasteiger partial charge >= 0.3 is 0 Å². The summed E-state index contributed by atoms with van der Waals surface area (Å²) in [4.78, 5) is 4.19. The SMILES string of the molecule is CCc1ccc(Cn2ncnc2[C@@H](O)CCSC)cc1. The fraction of sp³-hybridized carbons (Fsp3) is 0.467. The third kappa shape index (κ3) is 3.84. The van der Waals surface area contributed by atoms with Gasteiger partial charge < -0.3 is 5.11 Å². The zero-order chi connectivity index (χ0) is 14.4. The number of aliphatic hydroxyl groups is 1. The fourth-order valence-electron chi connectivity index (χ4n) is 2.06. The number of benzene rings is 1. The molecule has 0 aliphatic rings. The van der Waals surface area contributed by atoms with Crippen molar-refractivity contribution in [3.63, 3.8) is 0 Å². The monoisotopic (exact) mass is 291 g/mol. The molecule has 2 rings (SSSR count). The van der Waals surface area contributed by atoms with Gasteiger partial charge in [-0.15, -0.1) is 0 Å². The summed E-state index contributed by atoms with van der Waals surface area (Å²) < 4.78 is 1.78. The van der Waals surface area contributed by atoms with E-state index in [0.717, 1.165) is 12.2 Å². The largest absolute Gasteiger partial charge is 0.385 e. The van der Waals surface area contributed by atoms with E-state index in [2.05, 4.69) is 41.3 Å². The highest BCUT2D eigenvalue weighted by Crippen LogP contribution is 2.17. The van der Waals surface area contributed by atoms with Crippen LogP contribution >= 0.6 is 11.8 Å². The van der Waals surface area contributed by atoms with E-state index in [-0.39, 0.29) is 0 Å². The molecular formula is C15H21N3OS. The Kier molecular flexibility index (Phi) is 5.61. The molecule has 1 atom stereocenters. The molecule has 5 heteroatoms. The molecule has 0 spiro atoms. The maximum Gasteiger partial charge on any atom is 0.156 e. The van der Waals surface area contributed by atoms with E-state index in [4.69, 9.17) is 0 Å². The molecule has 1 heterocycles. The average Bonchev–Trinajstić information content (AvgIpc) is 2.94. The first-order valence-corrected chi connectivity index (χ1v) is 8.26. The molecule has 0 bridgehead atoms. The molecule has 0 unspecified atom stereocenters. The van der Waals surface area contributed by atoms with Crippen molar-refractivity contribution in [3.05, 3.63) is 47.5 Å². The fourth-order valence-corrected chi connectivity index (χ4v) is 2.52. The molecule has 2 aromatic rings. The van der Waals surface area contributed by atoms with Crippen LogP contribution in [0.5, 0.6) is 0 Å². The van der Waals surface area contributed by atoms with Crippen LogP contribution in [-0.2, 0) is 13.0 Å². The van der Waals surface area contributed by atoms with Crippen LogP contribution in [0.15, 0.2) is 30.6 Å². The van der Waals surface area contributed by atoms with E-state index >= 15 is 0 Å². The molecule has 0 aliphatic heterocycles. The second-order valence-corrected chi connectivity index (χ2v) is 5.73. The van der Waals surface area contributed by atoms with Gasteiger partial charge in [-0.05, 0) is 36.0 Å². The van der Waals surface area contributed by atoms with E-state index in [0.29, 0.717) is 18.8 Å².